The van der Waals surface area contributed by atoms with E-state index in [1.54, 1.807) is 17.5 Å². The maximum Gasteiger partial charge on any atom is 0.214 e. The quantitative estimate of drug-likeness (QED) is 0.482. The Labute approximate surface area is 201 Å². The third-order valence-corrected chi connectivity index (χ3v) is 7.67. The van der Waals surface area contributed by atoms with Gasteiger partial charge in [-0.25, -0.2) is 9.37 Å². The summed E-state index contributed by atoms with van der Waals surface area (Å²) in [5.41, 5.74) is 3.67. The Morgan fingerprint density at radius 1 is 1.12 bits per heavy atom. The van der Waals surface area contributed by atoms with Gasteiger partial charge in [0.15, 0.2) is 0 Å². The Morgan fingerprint density at radius 3 is 2.64 bits per heavy atom. The molecule has 3 heterocycles. The van der Waals surface area contributed by atoms with Gasteiger partial charge in [0.1, 0.15) is 18.5 Å². The van der Waals surface area contributed by atoms with Gasteiger partial charge in [-0.3, -0.25) is 4.90 Å². The first kappa shape index (κ1) is 22.7. The summed E-state index contributed by atoms with van der Waals surface area (Å²) in [7, 11) is 0. The predicted molar refractivity (Wildman–Crippen MR) is 128 cm³/mol. The Morgan fingerprint density at radius 2 is 1.91 bits per heavy atom. The van der Waals surface area contributed by atoms with Gasteiger partial charge in [-0.1, -0.05) is 23.7 Å². The van der Waals surface area contributed by atoms with Crippen LogP contribution < -0.4 is 4.74 Å². The Balaban J connectivity index is 1.30. The van der Waals surface area contributed by atoms with E-state index in [2.05, 4.69) is 16.4 Å². The lowest BCUT2D eigenvalue weighted by Crippen LogP contribution is -2.38. The molecule has 0 bridgehead atoms. The van der Waals surface area contributed by atoms with E-state index in [0.717, 1.165) is 27.1 Å². The van der Waals surface area contributed by atoms with E-state index in [-0.39, 0.29) is 12.2 Å². The second kappa shape index (κ2) is 9.68. The van der Waals surface area contributed by atoms with E-state index in [0.29, 0.717) is 49.7 Å². The number of aliphatic hydroxyl groups excluding tert-OH is 2. The van der Waals surface area contributed by atoms with Crippen molar-refractivity contribution in [2.75, 3.05) is 13.1 Å². The molecule has 0 spiro atoms. The van der Waals surface area contributed by atoms with Crippen molar-refractivity contribution in [1.29, 1.82) is 0 Å². The molecule has 1 saturated heterocycles. The van der Waals surface area contributed by atoms with Crippen LogP contribution in [0.2, 0.25) is 5.02 Å². The Bertz CT molecular complexity index is 1110. The van der Waals surface area contributed by atoms with Gasteiger partial charge < -0.3 is 14.9 Å². The van der Waals surface area contributed by atoms with Crippen molar-refractivity contribution in [2.24, 2.45) is 0 Å². The lowest BCUT2D eigenvalue weighted by molar-refractivity contribution is -0.0345. The monoisotopic (exact) mass is 488 g/mol. The molecule has 1 saturated carbocycles. The summed E-state index contributed by atoms with van der Waals surface area (Å²) in [5.74, 6) is 0.513. The zero-order valence-corrected chi connectivity index (χ0v) is 19.6. The van der Waals surface area contributed by atoms with Gasteiger partial charge in [0.25, 0.3) is 0 Å². The second-order valence-electron chi connectivity index (χ2n) is 8.77. The number of rotatable bonds is 6. The number of halogens is 2. The number of benzene rings is 1. The average molecular weight is 489 g/mol. The van der Waals surface area contributed by atoms with Crippen molar-refractivity contribution in [3.8, 4) is 27.4 Å². The molecule has 1 unspecified atom stereocenters. The SMILES string of the molecule is OC1CCN(C(O)c2ccc(-c3cc(-c4ccnc(OC5CC(F)C5)c4)cs3)c(Cl)c2)CC1. The molecule has 1 aliphatic carbocycles. The second-order valence-corrected chi connectivity index (χ2v) is 10.1. The first-order valence-electron chi connectivity index (χ1n) is 11.2. The van der Waals surface area contributed by atoms with Crippen LogP contribution >= 0.6 is 22.9 Å². The number of aliphatic hydroxyl groups is 2. The minimum Gasteiger partial charge on any atom is -0.474 e. The molecule has 0 radical (unpaired) electrons. The number of piperidine rings is 1. The number of hydrogen-bond donors (Lipinski definition) is 2. The van der Waals surface area contributed by atoms with Crippen molar-refractivity contribution in [2.45, 2.75) is 50.3 Å². The van der Waals surface area contributed by atoms with Crippen LogP contribution in [0.1, 0.15) is 37.5 Å². The molecule has 1 atom stereocenters. The third-order valence-electron chi connectivity index (χ3n) is 6.39. The highest BCUT2D eigenvalue weighted by atomic mass is 35.5. The van der Waals surface area contributed by atoms with Crippen LogP contribution in [-0.2, 0) is 0 Å². The van der Waals surface area contributed by atoms with Gasteiger partial charge in [-0.15, -0.1) is 11.3 Å². The van der Waals surface area contributed by atoms with E-state index < -0.39 is 12.4 Å². The van der Waals surface area contributed by atoms with Crippen molar-refractivity contribution in [3.05, 3.63) is 58.6 Å². The predicted octanol–water partition coefficient (Wildman–Crippen LogP) is 5.46. The smallest absolute Gasteiger partial charge is 0.214 e. The number of ether oxygens (including phenoxy) is 1. The molecule has 5 rings (SSSR count). The molecular formula is C25H26ClFN2O3S. The van der Waals surface area contributed by atoms with Crippen LogP contribution in [0.4, 0.5) is 4.39 Å². The summed E-state index contributed by atoms with van der Waals surface area (Å²) in [6.07, 6.45) is 2.02. The molecule has 8 heteroatoms. The first-order chi connectivity index (χ1) is 16.0. The summed E-state index contributed by atoms with van der Waals surface area (Å²) >= 11 is 8.21. The third kappa shape index (κ3) is 5.08. The number of aromatic nitrogens is 1. The lowest BCUT2D eigenvalue weighted by Gasteiger charge is -2.33. The van der Waals surface area contributed by atoms with Crippen molar-refractivity contribution >= 4 is 22.9 Å². The largest absolute Gasteiger partial charge is 0.474 e. The zero-order valence-electron chi connectivity index (χ0n) is 18.0. The normalized spacial score (nSPS) is 22.7. The van der Waals surface area contributed by atoms with E-state index in [1.165, 1.54) is 0 Å². The average Bonchev–Trinajstić information content (AvgIpc) is 3.28. The maximum absolute atomic E-state index is 13.1. The van der Waals surface area contributed by atoms with Crippen LogP contribution in [0, 0.1) is 0 Å². The van der Waals surface area contributed by atoms with Gasteiger partial charge in [0.2, 0.25) is 5.88 Å². The van der Waals surface area contributed by atoms with Gasteiger partial charge in [0.05, 0.1) is 6.10 Å². The van der Waals surface area contributed by atoms with Gasteiger partial charge >= 0.3 is 0 Å². The van der Waals surface area contributed by atoms with Crippen molar-refractivity contribution in [1.82, 2.24) is 9.88 Å². The molecule has 1 aromatic carbocycles. The molecule has 0 amide bonds. The molecule has 2 N–H and O–H groups in total. The highest BCUT2D eigenvalue weighted by Crippen LogP contribution is 2.38. The van der Waals surface area contributed by atoms with Gasteiger partial charge in [-0.05, 0) is 53.1 Å². The fourth-order valence-corrected chi connectivity index (χ4v) is 5.59. The minimum atomic E-state index is -0.761. The summed E-state index contributed by atoms with van der Waals surface area (Å²) < 4.78 is 18.8. The summed E-state index contributed by atoms with van der Waals surface area (Å²) in [6.45, 7) is 1.31. The van der Waals surface area contributed by atoms with Crippen LogP contribution in [-0.4, -0.2) is 51.6 Å². The van der Waals surface area contributed by atoms with Crippen LogP contribution in [0.15, 0.2) is 48.0 Å². The van der Waals surface area contributed by atoms with Crippen LogP contribution in [0.25, 0.3) is 21.6 Å². The van der Waals surface area contributed by atoms with Crippen molar-refractivity contribution < 1.29 is 19.3 Å². The fourth-order valence-electron chi connectivity index (χ4n) is 4.28. The molecule has 174 valence electrons. The zero-order chi connectivity index (χ0) is 22.9. The summed E-state index contributed by atoms with van der Waals surface area (Å²) in [6, 6.07) is 11.6. The highest BCUT2D eigenvalue weighted by molar-refractivity contribution is 7.14. The number of likely N-dealkylation sites (tertiary alicyclic amines) is 1. The number of hydrogen-bond acceptors (Lipinski definition) is 6. The molecule has 2 aromatic heterocycles. The topological polar surface area (TPSA) is 65.8 Å². The van der Waals surface area contributed by atoms with E-state index in [9.17, 15) is 14.6 Å². The summed E-state index contributed by atoms with van der Waals surface area (Å²) in [4.78, 5) is 7.24. The fraction of sp³-hybridized carbons (Fsp3) is 0.400. The van der Waals surface area contributed by atoms with Crippen LogP contribution in [0.5, 0.6) is 5.88 Å². The molecular weight excluding hydrogens is 463 g/mol. The number of pyridine rings is 1. The Hall–Kier alpha value is -2.03. The lowest BCUT2D eigenvalue weighted by atomic mass is 9.94. The number of alkyl halides is 1. The van der Waals surface area contributed by atoms with Crippen LogP contribution in [0.3, 0.4) is 0 Å². The molecule has 3 aromatic rings. The van der Waals surface area contributed by atoms with E-state index in [4.69, 9.17) is 16.3 Å². The van der Waals surface area contributed by atoms with Crippen molar-refractivity contribution in [3.63, 3.8) is 0 Å². The van der Waals surface area contributed by atoms with E-state index in [1.807, 2.05) is 35.2 Å². The molecule has 2 fully saturated rings. The first-order valence-corrected chi connectivity index (χ1v) is 12.5. The standard InChI is InChI=1S/C25H26ClFN2O3S/c26-22-9-16(25(31)29-7-4-19(30)5-8-29)1-2-21(22)23-10-17(14-33-23)15-3-6-28-24(11-15)32-20-12-18(27)13-20/h1-3,6,9-11,14,18-20,25,30-31H,4-5,7-8,12-13H2. The summed E-state index contributed by atoms with van der Waals surface area (Å²) in [5, 5.41) is 23.1. The number of thiophene rings is 1. The van der Waals surface area contributed by atoms with E-state index >= 15 is 0 Å². The highest BCUT2D eigenvalue weighted by Gasteiger charge is 2.31. The Kier molecular flexibility index (Phi) is 6.67. The number of nitrogens with zero attached hydrogens (tertiary/aromatic N) is 2. The molecule has 1 aliphatic heterocycles. The minimum absolute atomic E-state index is 0.0940. The van der Waals surface area contributed by atoms with Gasteiger partial charge in [0, 0.05) is 53.7 Å². The van der Waals surface area contributed by atoms with Gasteiger partial charge in [-0.2, -0.15) is 0 Å². The maximum atomic E-state index is 13.1. The molecule has 33 heavy (non-hydrogen) atoms. The molecule has 2 aliphatic rings. The molecule has 5 nitrogen and oxygen atoms in total.